The zero-order valence-electron chi connectivity index (χ0n) is 34.6. The first-order valence-corrected chi connectivity index (χ1v) is 19.8. The van der Waals surface area contributed by atoms with Crippen molar-refractivity contribution in [1.82, 2.24) is 25.8 Å². The number of hydrogen-bond donors (Lipinski definition) is 6. The second-order valence-corrected chi connectivity index (χ2v) is 16.0. The number of carboxylic acid groups (broad SMARTS) is 2. The number of alkyl carbamates (subject to hydrolysis) is 1. The third-order valence-electron chi connectivity index (χ3n) is 10.2. The molecule has 2 aliphatic heterocycles. The van der Waals surface area contributed by atoms with Gasteiger partial charge < -0.3 is 55.6 Å². The number of ether oxygens (including phenoxy) is 5. The molecule has 0 saturated carbocycles. The number of carbonyl (C=O) groups excluding carboxylic acids is 3. The van der Waals surface area contributed by atoms with Gasteiger partial charge >= 0.3 is 18.0 Å². The molecule has 2 fully saturated rings. The maximum atomic E-state index is 12.5. The predicted molar refractivity (Wildman–Crippen MR) is 209 cm³/mol. The van der Waals surface area contributed by atoms with E-state index in [4.69, 9.17) is 29.4 Å². The number of aliphatic carboxylic acids is 2. The van der Waals surface area contributed by atoms with Crippen LogP contribution in [0.4, 0.5) is 4.79 Å². The lowest BCUT2D eigenvalue weighted by molar-refractivity contribution is -0.134. The molecular formula is C39H66N6O12. The zero-order chi connectivity index (χ0) is 42.3. The molecule has 4 rings (SSSR count). The third-order valence-corrected chi connectivity index (χ3v) is 10.2. The number of methoxy groups -OCH3 is 2. The van der Waals surface area contributed by atoms with Crippen LogP contribution in [0.1, 0.15) is 73.1 Å². The van der Waals surface area contributed by atoms with Crippen LogP contribution in [-0.4, -0.2) is 171 Å². The Hall–Kier alpha value is -3.65. The Balaban J connectivity index is 0.000000315. The van der Waals surface area contributed by atoms with E-state index in [1.54, 1.807) is 47.1 Å². The first kappa shape index (κ1) is 47.7. The van der Waals surface area contributed by atoms with Crippen LogP contribution in [0.2, 0.25) is 0 Å². The second kappa shape index (κ2) is 23.1. The minimum Gasteiger partial charge on any atom is -0.478 e. The standard InChI is InChI=1S/C22H37N3O7.C17H29N3O5/c1-14(26)23-19-17(24-21(29)32-22(2,3)4)11-15(20(27)28)12-18(19)25-8-6-7-16(13-25)31-10-9-30-5;1-11(21)19-16-14(18)8-12(17(22)23)9-15(16)20-5-3-4-13(10-20)25-7-6-24-2/h12,16-19H,6-11,13H2,1-5H3,(H,23,26)(H,24,29)(H,27,28);9,13-16H,3-8,10,18H2,1-2H3,(H,19,21)(H,22,23)/t16-,17-,18+,19+;13-,14-,15+,16+/m00/s1. The number of nitrogens with two attached hydrogens (primary N) is 1. The SMILES string of the molecule is COCCO[C@H]1CCCN([C@@H]2C=C(C(=O)O)C[C@H](N)[C@H]2NC(C)=O)C1.COCCO[C@H]1CCCN([C@@H]2C=C(C(=O)O)C[C@H](NC(=O)OC(C)(C)C)[C@H]2NC(C)=O)C1. The van der Waals surface area contributed by atoms with Gasteiger partial charge in [0.1, 0.15) is 5.60 Å². The number of piperidine rings is 2. The fourth-order valence-electron chi connectivity index (χ4n) is 7.76. The molecule has 4 aliphatic rings. The molecule has 7 N–H and O–H groups in total. The number of hydrogen-bond acceptors (Lipinski definition) is 13. The van der Waals surface area contributed by atoms with E-state index in [0.717, 1.165) is 38.8 Å². The van der Waals surface area contributed by atoms with Crippen LogP contribution in [0.25, 0.3) is 0 Å². The number of rotatable bonds is 15. The summed E-state index contributed by atoms with van der Waals surface area (Å²) in [7, 11) is 3.25. The molecule has 0 aromatic rings. The highest BCUT2D eigenvalue weighted by Gasteiger charge is 2.42. The van der Waals surface area contributed by atoms with Gasteiger partial charge in [-0.25, -0.2) is 14.4 Å². The summed E-state index contributed by atoms with van der Waals surface area (Å²) in [5.41, 5.74) is 5.99. The van der Waals surface area contributed by atoms with E-state index in [2.05, 4.69) is 25.8 Å². The lowest BCUT2D eigenvalue weighted by Crippen LogP contribution is -2.64. The third kappa shape index (κ3) is 15.9. The van der Waals surface area contributed by atoms with Crippen LogP contribution in [0.3, 0.4) is 0 Å². The van der Waals surface area contributed by atoms with Crippen molar-refractivity contribution in [3.63, 3.8) is 0 Å². The van der Waals surface area contributed by atoms with Crippen molar-refractivity contribution >= 4 is 29.8 Å². The van der Waals surface area contributed by atoms with Gasteiger partial charge in [-0.15, -0.1) is 0 Å². The van der Waals surface area contributed by atoms with Crippen LogP contribution in [-0.2, 0) is 42.9 Å². The fraction of sp³-hybridized carbons (Fsp3) is 0.769. The molecule has 8 atom stereocenters. The minimum atomic E-state index is -1.04. The molecule has 2 heterocycles. The van der Waals surface area contributed by atoms with Gasteiger partial charge in [0.2, 0.25) is 11.8 Å². The van der Waals surface area contributed by atoms with Gasteiger partial charge in [0.15, 0.2) is 0 Å². The van der Waals surface area contributed by atoms with E-state index in [-0.39, 0.29) is 54.5 Å². The molecule has 0 unspecified atom stereocenters. The number of likely N-dealkylation sites (tertiary alicyclic amines) is 2. The number of nitrogens with zero attached hydrogens (tertiary/aromatic N) is 2. The van der Waals surface area contributed by atoms with Crippen molar-refractivity contribution in [1.29, 1.82) is 0 Å². The van der Waals surface area contributed by atoms with Gasteiger partial charge in [-0.05, 0) is 66.0 Å². The van der Waals surface area contributed by atoms with Gasteiger partial charge in [0, 0.05) is 64.8 Å². The van der Waals surface area contributed by atoms with Gasteiger partial charge in [0.25, 0.3) is 0 Å². The Morgan fingerprint density at radius 1 is 0.737 bits per heavy atom. The van der Waals surface area contributed by atoms with E-state index in [1.807, 2.05) is 0 Å². The van der Waals surface area contributed by atoms with Crippen molar-refractivity contribution in [3.05, 3.63) is 23.3 Å². The quantitative estimate of drug-likeness (QED) is 0.127. The maximum Gasteiger partial charge on any atom is 0.407 e. The van der Waals surface area contributed by atoms with Crippen molar-refractivity contribution in [3.8, 4) is 0 Å². The van der Waals surface area contributed by atoms with E-state index in [0.29, 0.717) is 45.1 Å². The van der Waals surface area contributed by atoms with Gasteiger partial charge in [-0.2, -0.15) is 0 Å². The summed E-state index contributed by atoms with van der Waals surface area (Å²) in [5, 5.41) is 27.7. The fourth-order valence-corrected chi connectivity index (χ4v) is 7.76. The predicted octanol–water partition coefficient (Wildman–Crippen LogP) is 1.02. The van der Waals surface area contributed by atoms with Crippen LogP contribution < -0.4 is 21.7 Å². The van der Waals surface area contributed by atoms with Crippen molar-refractivity contribution in [2.75, 3.05) is 66.8 Å². The summed E-state index contributed by atoms with van der Waals surface area (Å²) >= 11 is 0. The molecular weight excluding hydrogens is 744 g/mol. The molecule has 18 nitrogen and oxygen atoms in total. The summed E-state index contributed by atoms with van der Waals surface area (Å²) in [5.74, 6) is -2.42. The molecule has 324 valence electrons. The summed E-state index contributed by atoms with van der Waals surface area (Å²) in [6.45, 7) is 13.0. The first-order valence-electron chi connectivity index (χ1n) is 19.8. The molecule has 0 aromatic heterocycles. The zero-order valence-corrected chi connectivity index (χ0v) is 34.6. The molecule has 2 aliphatic carbocycles. The van der Waals surface area contributed by atoms with E-state index in [1.165, 1.54) is 13.8 Å². The second-order valence-electron chi connectivity index (χ2n) is 16.0. The van der Waals surface area contributed by atoms with Crippen LogP contribution >= 0.6 is 0 Å². The smallest absolute Gasteiger partial charge is 0.407 e. The highest BCUT2D eigenvalue weighted by atomic mass is 16.6. The lowest BCUT2D eigenvalue weighted by atomic mass is 9.84. The molecule has 0 spiro atoms. The topological polar surface area (TPSA) is 241 Å². The minimum absolute atomic E-state index is 0.0160. The summed E-state index contributed by atoms with van der Waals surface area (Å²) in [4.78, 5) is 63.6. The average molecular weight is 811 g/mol. The number of nitrogens with one attached hydrogen (secondary N) is 3. The molecule has 18 heteroatoms. The van der Waals surface area contributed by atoms with E-state index >= 15 is 0 Å². The Labute approximate surface area is 336 Å². The molecule has 0 bridgehead atoms. The summed E-state index contributed by atoms with van der Waals surface area (Å²) in [6.07, 6.45) is 6.84. The Morgan fingerprint density at radius 3 is 1.63 bits per heavy atom. The summed E-state index contributed by atoms with van der Waals surface area (Å²) < 4.78 is 27.2. The molecule has 2 saturated heterocycles. The first-order chi connectivity index (χ1) is 26.9. The molecule has 57 heavy (non-hydrogen) atoms. The van der Waals surface area contributed by atoms with Crippen molar-refractivity contribution in [2.24, 2.45) is 5.73 Å². The molecule has 0 radical (unpaired) electrons. The molecule has 3 amide bonds. The Bertz CT molecular complexity index is 1420. The van der Waals surface area contributed by atoms with Gasteiger partial charge in [-0.3, -0.25) is 19.4 Å². The van der Waals surface area contributed by atoms with E-state index in [9.17, 15) is 34.2 Å². The largest absolute Gasteiger partial charge is 0.478 e. The number of amides is 3. The van der Waals surface area contributed by atoms with Crippen molar-refractivity contribution in [2.45, 2.75) is 127 Å². The lowest BCUT2D eigenvalue weighted by Gasteiger charge is -2.45. The van der Waals surface area contributed by atoms with Gasteiger partial charge in [-0.1, -0.05) is 12.2 Å². The normalized spacial score (nSPS) is 28.4. The van der Waals surface area contributed by atoms with Crippen LogP contribution in [0.15, 0.2) is 23.3 Å². The number of carbonyl (C=O) groups is 5. The van der Waals surface area contributed by atoms with Crippen molar-refractivity contribution < 1.29 is 57.9 Å². The highest BCUT2D eigenvalue weighted by Crippen LogP contribution is 2.28. The number of carboxylic acids is 2. The highest BCUT2D eigenvalue weighted by molar-refractivity contribution is 5.88. The summed E-state index contributed by atoms with van der Waals surface area (Å²) in [6, 6.07) is -2.54. The Morgan fingerprint density at radius 2 is 1.19 bits per heavy atom. The van der Waals surface area contributed by atoms with Crippen LogP contribution in [0, 0.1) is 0 Å². The molecule has 0 aromatic carbocycles. The monoisotopic (exact) mass is 810 g/mol. The van der Waals surface area contributed by atoms with Crippen LogP contribution in [0.5, 0.6) is 0 Å². The van der Waals surface area contributed by atoms with E-state index < -0.39 is 47.8 Å². The average Bonchev–Trinajstić information content (AvgIpc) is 3.12. The van der Waals surface area contributed by atoms with Gasteiger partial charge in [0.05, 0.1) is 68.8 Å². The Kier molecular flexibility index (Phi) is 19.3. The maximum absolute atomic E-state index is 12.5.